The van der Waals surface area contributed by atoms with E-state index in [0.717, 1.165) is 0 Å². The van der Waals surface area contributed by atoms with E-state index in [1.54, 1.807) is 6.07 Å². The van der Waals surface area contributed by atoms with Crippen LogP contribution in [-0.2, 0) is 6.18 Å². The Kier molecular flexibility index (Phi) is 3.89. The number of rotatable bonds is 1. The Balaban J connectivity index is 2.81. The Labute approximate surface area is 126 Å². The largest absolute Gasteiger partial charge is 0.432 e. The summed E-state index contributed by atoms with van der Waals surface area (Å²) >= 11 is 10.6. The molecule has 1 heterocycles. The van der Waals surface area contributed by atoms with Gasteiger partial charge in [-0.25, -0.2) is 0 Å². The summed E-state index contributed by atoms with van der Waals surface area (Å²) < 4.78 is 39.3. The van der Waals surface area contributed by atoms with Crippen LogP contribution in [0.1, 0.15) is 11.3 Å². The van der Waals surface area contributed by atoms with Gasteiger partial charge < -0.3 is 0 Å². The Morgan fingerprint density at radius 3 is 2.52 bits per heavy atom. The molecule has 0 saturated heterocycles. The lowest BCUT2D eigenvalue weighted by atomic mass is 10.2. The van der Waals surface area contributed by atoms with E-state index in [4.69, 9.17) is 29.1 Å². The highest BCUT2D eigenvalue weighted by atomic mass is 35.5. The van der Waals surface area contributed by atoms with Crippen molar-refractivity contribution in [2.45, 2.75) is 6.18 Å². The van der Waals surface area contributed by atoms with Crippen molar-refractivity contribution in [1.82, 2.24) is 9.55 Å². The summed E-state index contributed by atoms with van der Waals surface area (Å²) in [7, 11) is 0. The molecule has 21 heavy (non-hydrogen) atoms. The second-order valence-electron chi connectivity index (χ2n) is 3.93. The third-order valence-electron chi connectivity index (χ3n) is 2.56. The minimum absolute atomic E-state index is 0.00687. The number of nitrogens with one attached hydrogen (secondary N) is 1. The summed E-state index contributed by atoms with van der Waals surface area (Å²) in [4.78, 5) is 13.3. The van der Waals surface area contributed by atoms with Gasteiger partial charge in [0.15, 0.2) is 4.77 Å². The second-order valence-corrected chi connectivity index (χ2v) is 4.73. The van der Waals surface area contributed by atoms with Crippen LogP contribution in [0.2, 0.25) is 5.02 Å². The van der Waals surface area contributed by atoms with Gasteiger partial charge in [-0.15, -0.1) is 0 Å². The van der Waals surface area contributed by atoms with E-state index in [0.29, 0.717) is 10.6 Å². The van der Waals surface area contributed by atoms with Crippen molar-refractivity contribution in [3.63, 3.8) is 0 Å². The summed E-state index contributed by atoms with van der Waals surface area (Å²) in [5, 5.41) is 8.75. The van der Waals surface area contributed by atoms with Gasteiger partial charge in [-0.05, 0) is 30.4 Å². The summed E-state index contributed by atoms with van der Waals surface area (Å²) in [6.45, 7) is 0. The molecule has 0 amide bonds. The molecule has 0 aliphatic heterocycles. The molecular weight excluding hydrogens is 327 g/mol. The third-order valence-corrected chi connectivity index (χ3v) is 3.16. The molecule has 0 saturated carbocycles. The van der Waals surface area contributed by atoms with Crippen LogP contribution in [0.15, 0.2) is 29.1 Å². The van der Waals surface area contributed by atoms with E-state index >= 15 is 0 Å². The van der Waals surface area contributed by atoms with Gasteiger partial charge in [0.25, 0.3) is 5.56 Å². The first-order valence-electron chi connectivity index (χ1n) is 5.37. The molecule has 9 heteroatoms. The quantitative estimate of drug-likeness (QED) is 0.814. The van der Waals surface area contributed by atoms with Crippen molar-refractivity contribution in [2.75, 3.05) is 0 Å². The molecule has 1 N–H and O–H groups in total. The van der Waals surface area contributed by atoms with Crippen molar-refractivity contribution in [3.05, 3.63) is 55.7 Å². The van der Waals surface area contributed by atoms with E-state index in [-0.39, 0.29) is 16.3 Å². The number of aromatic nitrogens is 2. The molecule has 0 atom stereocenters. The maximum absolute atomic E-state index is 13.0. The molecule has 1 aromatic heterocycles. The number of nitrogens with zero attached hydrogens (tertiary/aromatic N) is 2. The summed E-state index contributed by atoms with van der Waals surface area (Å²) in [5.74, 6) is 0. The average Bonchev–Trinajstić information content (AvgIpc) is 2.36. The maximum Gasteiger partial charge on any atom is 0.432 e. The highest BCUT2D eigenvalue weighted by Gasteiger charge is 2.35. The molecular formula is C12H5ClF3N3OS. The van der Waals surface area contributed by atoms with Crippen LogP contribution in [0.5, 0.6) is 0 Å². The predicted molar refractivity (Wildman–Crippen MR) is 72.0 cm³/mol. The van der Waals surface area contributed by atoms with E-state index in [1.807, 2.05) is 0 Å². The number of alkyl halides is 3. The van der Waals surface area contributed by atoms with Gasteiger partial charge in [0, 0.05) is 11.8 Å². The standard InChI is InChI=1S/C12H5ClF3N3OS/c13-8-3-7(2-1-6(8)5-17)19-9(12(14,15)16)4-10(20)18-11(19)21/h1-4H,(H,18,20,21). The van der Waals surface area contributed by atoms with Crippen LogP contribution in [0.3, 0.4) is 0 Å². The fourth-order valence-electron chi connectivity index (χ4n) is 1.69. The zero-order valence-corrected chi connectivity index (χ0v) is 11.6. The molecule has 2 aromatic rings. The number of aromatic amines is 1. The van der Waals surface area contributed by atoms with Crippen LogP contribution >= 0.6 is 23.8 Å². The van der Waals surface area contributed by atoms with Crippen LogP contribution in [0.25, 0.3) is 5.69 Å². The van der Waals surface area contributed by atoms with Gasteiger partial charge in [-0.3, -0.25) is 14.3 Å². The van der Waals surface area contributed by atoms with E-state index in [1.165, 1.54) is 18.2 Å². The zero-order valence-electron chi connectivity index (χ0n) is 10.0. The number of hydrogen-bond donors (Lipinski definition) is 1. The summed E-state index contributed by atoms with van der Waals surface area (Å²) in [5.41, 5.74) is -2.07. The zero-order chi connectivity index (χ0) is 15.8. The lowest BCUT2D eigenvalue weighted by Crippen LogP contribution is -2.22. The number of benzene rings is 1. The Hall–Kier alpha value is -2.11. The third kappa shape index (κ3) is 2.99. The Bertz CT molecular complexity index is 864. The normalized spacial score (nSPS) is 11.2. The van der Waals surface area contributed by atoms with E-state index in [9.17, 15) is 18.0 Å². The molecule has 0 bridgehead atoms. The number of halogens is 4. The van der Waals surface area contributed by atoms with Crippen molar-refractivity contribution < 1.29 is 13.2 Å². The predicted octanol–water partition coefficient (Wildman–Crippen LogP) is 3.44. The number of hydrogen-bond acceptors (Lipinski definition) is 3. The van der Waals surface area contributed by atoms with Gasteiger partial charge >= 0.3 is 6.18 Å². The fourth-order valence-corrected chi connectivity index (χ4v) is 2.22. The maximum atomic E-state index is 13.0. The number of H-pyrrole nitrogens is 1. The molecule has 4 nitrogen and oxygen atoms in total. The van der Waals surface area contributed by atoms with Gasteiger partial charge in [-0.1, -0.05) is 11.6 Å². The first kappa shape index (κ1) is 15.3. The van der Waals surface area contributed by atoms with Gasteiger partial charge in [0.05, 0.1) is 10.6 Å². The fraction of sp³-hybridized carbons (Fsp3) is 0.0833. The first-order valence-corrected chi connectivity index (χ1v) is 6.16. The van der Waals surface area contributed by atoms with Crippen LogP contribution in [0.4, 0.5) is 13.2 Å². The SMILES string of the molecule is N#Cc1ccc(-n2c(C(F)(F)F)cc(=O)[nH]c2=S)cc1Cl. The van der Waals surface area contributed by atoms with E-state index in [2.05, 4.69) is 4.98 Å². The average molecular weight is 332 g/mol. The first-order chi connectivity index (χ1) is 9.74. The molecule has 1 aromatic carbocycles. The molecule has 0 radical (unpaired) electrons. The lowest BCUT2D eigenvalue weighted by molar-refractivity contribution is -0.143. The highest BCUT2D eigenvalue weighted by Crippen LogP contribution is 2.31. The number of nitriles is 1. The molecule has 108 valence electrons. The minimum Gasteiger partial charge on any atom is -0.299 e. The minimum atomic E-state index is -4.78. The topological polar surface area (TPSA) is 61.6 Å². The van der Waals surface area contributed by atoms with Crippen LogP contribution < -0.4 is 5.56 Å². The van der Waals surface area contributed by atoms with Crippen LogP contribution in [0, 0.1) is 16.1 Å². The van der Waals surface area contributed by atoms with Crippen molar-refractivity contribution in [1.29, 1.82) is 5.26 Å². The Morgan fingerprint density at radius 1 is 1.33 bits per heavy atom. The molecule has 0 aliphatic rings. The summed E-state index contributed by atoms with van der Waals surface area (Å²) in [6, 6.07) is 5.90. The molecule has 0 spiro atoms. The second kappa shape index (κ2) is 5.35. The molecule has 2 rings (SSSR count). The van der Waals surface area contributed by atoms with Crippen molar-refractivity contribution in [3.8, 4) is 11.8 Å². The van der Waals surface area contributed by atoms with Gasteiger partial charge in [-0.2, -0.15) is 18.4 Å². The van der Waals surface area contributed by atoms with Crippen molar-refractivity contribution >= 4 is 23.8 Å². The molecule has 0 fully saturated rings. The monoisotopic (exact) mass is 331 g/mol. The van der Waals surface area contributed by atoms with E-state index < -0.39 is 22.2 Å². The van der Waals surface area contributed by atoms with Gasteiger partial charge in [0.2, 0.25) is 0 Å². The Morgan fingerprint density at radius 2 is 2.00 bits per heavy atom. The molecule has 0 aliphatic carbocycles. The van der Waals surface area contributed by atoms with Crippen LogP contribution in [-0.4, -0.2) is 9.55 Å². The van der Waals surface area contributed by atoms with Crippen molar-refractivity contribution in [2.24, 2.45) is 0 Å². The smallest absolute Gasteiger partial charge is 0.299 e. The van der Waals surface area contributed by atoms with Gasteiger partial charge in [0.1, 0.15) is 11.8 Å². The molecule has 0 unspecified atom stereocenters. The lowest BCUT2D eigenvalue weighted by Gasteiger charge is -2.16. The highest BCUT2D eigenvalue weighted by molar-refractivity contribution is 7.71. The summed E-state index contributed by atoms with van der Waals surface area (Å²) in [6.07, 6.45) is -4.78.